The highest BCUT2D eigenvalue weighted by atomic mass is 14.3. The van der Waals surface area contributed by atoms with Gasteiger partial charge in [-0.25, -0.2) is 0 Å². The van der Waals surface area contributed by atoms with Crippen LogP contribution >= 0.6 is 0 Å². The monoisotopic (exact) mass is 197 g/mol. The quantitative estimate of drug-likeness (QED) is 0.592. The summed E-state index contributed by atoms with van der Waals surface area (Å²) >= 11 is 0. The molecule has 0 rings (SSSR count). The lowest BCUT2D eigenvalue weighted by atomic mass is 9.75. The lowest BCUT2D eigenvalue weighted by Gasteiger charge is -2.30. The van der Waals surface area contributed by atoms with Gasteiger partial charge in [0, 0.05) is 6.42 Å². The highest BCUT2D eigenvalue weighted by molar-refractivity contribution is 4.81. The maximum atomic E-state index is 8.54. The molecular weight excluding hydrogens is 170 g/mol. The zero-order valence-electron chi connectivity index (χ0n) is 10.7. The molecule has 0 saturated heterocycles. The fourth-order valence-corrected chi connectivity index (χ4v) is 1.93. The maximum absolute atomic E-state index is 8.54. The van der Waals surface area contributed by atoms with E-state index in [2.05, 4.69) is 26.8 Å². The average molecular weight is 197 g/mol. The molecule has 0 aromatic rings. The number of hydrogen-bond donors (Lipinski definition) is 0. The van der Waals surface area contributed by atoms with Crippen LogP contribution in [-0.4, -0.2) is 0 Å². The Morgan fingerprint density at radius 1 is 1.00 bits per heavy atom. The van der Waals surface area contributed by atoms with Gasteiger partial charge in [0.2, 0.25) is 0 Å². The topological polar surface area (TPSA) is 23.8 Å². The molecule has 0 saturated carbocycles. The summed E-state index contributed by atoms with van der Waals surface area (Å²) in [6, 6.07) is 2.25. The SMILES string of the molecule is CC.CCCC(CC)(CC)CCC#N. The Bertz CT molecular complexity index is 140. The van der Waals surface area contributed by atoms with E-state index in [0.29, 0.717) is 5.41 Å². The molecular formula is C13H27N. The summed E-state index contributed by atoms with van der Waals surface area (Å²) < 4.78 is 0. The second kappa shape index (κ2) is 10.6. The summed E-state index contributed by atoms with van der Waals surface area (Å²) in [6.45, 7) is 10.7. The molecule has 0 spiro atoms. The minimum Gasteiger partial charge on any atom is -0.198 e. The number of nitriles is 1. The zero-order chi connectivity index (χ0) is 11.4. The van der Waals surface area contributed by atoms with E-state index in [1.54, 1.807) is 0 Å². The summed E-state index contributed by atoms with van der Waals surface area (Å²) in [5.74, 6) is 0. The fourth-order valence-electron chi connectivity index (χ4n) is 1.93. The Hall–Kier alpha value is -0.510. The summed E-state index contributed by atoms with van der Waals surface area (Å²) in [5.41, 5.74) is 0.463. The van der Waals surface area contributed by atoms with Gasteiger partial charge in [-0.15, -0.1) is 0 Å². The molecule has 0 aromatic carbocycles. The molecule has 1 nitrogen and oxygen atoms in total. The number of hydrogen-bond acceptors (Lipinski definition) is 1. The summed E-state index contributed by atoms with van der Waals surface area (Å²) in [7, 11) is 0. The lowest BCUT2D eigenvalue weighted by Crippen LogP contribution is -2.18. The van der Waals surface area contributed by atoms with Crippen LogP contribution in [0.25, 0.3) is 0 Å². The van der Waals surface area contributed by atoms with Gasteiger partial charge in [0.1, 0.15) is 0 Å². The summed E-state index contributed by atoms with van der Waals surface area (Å²) in [6.07, 6.45) is 6.78. The zero-order valence-corrected chi connectivity index (χ0v) is 10.7. The lowest BCUT2D eigenvalue weighted by molar-refractivity contribution is 0.219. The molecule has 0 bridgehead atoms. The van der Waals surface area contributed by atoms with E-state index in [0.717, 1.165) is 12.8 Å². The first-order valence-corrected chi connectivity index (χ1v) is 6.11. The van der Waals surface area contributed by atoms with Crippen molar-refractivity contribution < 1.29 is 0 Å². The van der Waals surface area contributed by atoms with Gasteiger partial charge in [-0.3, -0.25) is 0 Å². The maximum Gasteiger partial charge on any atom is 0.0621 e. The molecule has 0 aliphatic carbocycles. The van der Waals surface area contributed by atoms with E-state index in [1.807, 2.05) is 13.8 Å². The van der Waals surface area contributed by atoms with Crippen LogP contribution in [0.1, 0.15) is 73.1 Å². The van der Waals surface area contributed by atoms with Crippen molar-refractivity contribution in [2.45, 2.75) is 73.1 Å². The molecule has 0 heterocycles. The second-order valence-corrected chi connectivity index (χ2v) is 3.62. The van der Waals surface area contributed by atoms with E-state index in [-0.39, 0.29) is 0 Å². The van der Waals surface area contributed by atoms with Crippen LogP contribution in [0.4, 0.5) is 0 Å². The van der Waals surface area contributed by atoms with E-state index < -0.39 is 0 Å². The number of rotatable bonds is 6. The molecule has 1 heteroatoms. The molecule has 0 aromatic heterocycles. The van der Waals surface area contributed by atoms with Gasteiger partial charge >= 0.3 is 0 Å². The van der Waals surface area contributed by atoms with Gasteiger partial charge in [0.15, 0.2) is 0 Å². The van der Waals surface area contributed by atoms with Crippen molar-refractivity contribution in [3.63, 3.8) is 0 Å². The standard InChI is InChI=1S/C11H21N.C2H6/c1-4-8-11(5-2,6-3)9-7-10-12;1-2/h4-9H2,1-3H3;1-2H3. The van der Waals surface area contributed by atoms with Crippen molar-refractivity contribution in [1.82, 2.24) is 0 Å². The minimum absolute atomic E-state index is 0.463. The van der Waals surface area contributed by atoms with E-state index in [1.165, 1.54) is 25.7 Å². The van der Waals surface area contributed by atoms with E-state index in [4.69, 9.17) is 5.26 Å². The molecule has 0 radical (unpaired) electrons. The van der Waals surface area contributed by atoms with Crippen LogP contribution < -0.4 is 0 Å². The first kappa shape index (κ1) is 15.9. The molecule has 14 heavy (non-hydrogen) atoms. The molecule has 0 aliphatic rings. The fraction of sp³-hybridized carbons (Fsp3) is 0.923. The normalized spacial score (nSPS) is 10.0. The van der Waals surface area contributed by atoms with Gasteiger partial charge in [-0.2, -0.15) is 5.26 Å². The third-order valence-corrected chi connectivity index (χ3v) is 3.05. The highest BCUT2D eigenvalue weighted by Crippen LogP contribution is 2.36. The van der Waals surface area contributed by atoms with Crippen LogP contribution in [0.2, 0.25) is 0 Å². The third kappa shape index (κ3) is 6.02. The molecule has 0 amide bonds. The Labute approximate surface area is 90.5 Å². The van der Waals surface area contributed by atoms with Gasteiger partial charge in [0.05, 0.1) is 6.07 Å². The van der Waals surface area contributed by atoms with Crippen LogP contribution in [0, 0.1) is 16.7 Å². The predicted molar refractivity (Wildman–Crippen MR) is 64.1 cm³/mol. The first-order chi connectivity index (χ1) is 6.74. The Morgan fingerprint density at radius 3 is 1.79 bits per heavy atom. The van der Waals surface area contributed by atoms with Crippen molar-refractivity contribution in [3.05, 3.63) is 0 Å². The van der Waals surface area contributed by atoms with Crippen LogP contribution in [0.15, 0.2) is 0 Å². The van der Waals surface area contributed by atoms with Crippen molar-refractivity contribution >= 4 is 0 Å². The van der Waals surface area contributed by atoms with E-state index in [9.17, 15) is 0 Å². The van der Waals surface area contributed by atoms with Crippen LogP contribution in [-0.2, 0) is 0 Å². The highest BCUT2D eigenvalue weighted by Gasteiger charge is 2.23. The average Bonchev–Trinajstić information content (AvgIpc) is 2.27. The third-order valence-electron chi connectivity index (χ3n) is 3.05. The van der Waals surface area contributed by atoms with Crippen molar-refractivity contribution in [1.29, 1.82) is 5.26 Å². The summed E-state index contributed by atoms with van der Waals surface area (Å²) in [4.78, 5) is 0. The molecule has 0 atom stereocenters. The smallest absolute Gasteiger partial charge is 0.0621 e. The van der Waals surface area contributed by atoms with Gasteiger partial charge in [-0.05, 0) is 18.3 Å². The molecule has 0 fully saturated rings. The van der Waals surface area contributed by atoms with Crippen LogP contribution in [0.5, 0.6) is 0 Å². The Balaban J connectivity index is 0. The van der Waals surface area contributed by atoms with E-state index >= 15 is 0 Å². The predicted octanol–water partition coefficient (Wildman–Crippen LogP) is 4.92. The second-order valence-electron chi connectivity index (χ2n) is 3.62. The molecule has 0 N–H and O–H groups in total. The van der Waals surface area contributed by atoms with Gasteiger partial charge in [-0.1, -0.05) is 53.9 Å². The van der Waals surface area contributed by atoms with Gasteiger partial charge < -0.3 is 0 Å². The first-order valence-electron chi connectivity index (χ1n) is 6.11. The largest absolute Gasteiger partial charge is 0.198 e. The Kier molecular flexibility index (Phi) is 12.0. The molecule has 0 aliphatic heterocycles. The Morgan fingerprint density at radius 2 is 1.50 bits per heavy atom. The van der Waals surface area contributed by atoms with Crippen LogP contribution in [0.3, 0.4) is 0 Å². The summed E-state index contributed by atoms with van der Waals surface area (Å²) in [5, 5.41) is 8.54. The van der Waals surface area contributed by atoms with Crippen molar-refractivity contribution in [2.24, 2.45) is 5.41 Å². The van der Waals surface area contributed by atoms with Gasteiger partial charge in [0.25, 0.3) is 0 Å². The minimum atomic E-state index is 0.463. The molecule has 84 valence electrons. The van der Waals surface area contributed by atoms with Crippen molar-refractivity contribution in [2.75, 3.05) is 0 Å². The van der Waals surface area contributed by atoms with Crippen molar-refractivity contribution in [3.8, 4) is 6.07 Å². The molecule has 0 unspecified atom stereocenters. The number of nitrogens with zero attached hydrogens (tertiary/aromatic N) is 1.